The third kappa shape index (κ3) is 4.19. The Labute approximate surface area is 120 Å². The largest absolute Gasteiger partial charge is 0.494 e. The average molecular weight is 271 g/mol. The molecule has 0 amide bonds. The second kappa shape index (κ2) is 7.43. The highest BCUT2D eigenvalue weighted by Crippen LogP contribution is 2.18. The monoisotopic (exact) mass is 271 g/mol. The van der Waals surface area contributed by atoms with Crippen LogP contribution in [0.1, 0.15) is 18.9 Å². The van der Waals surface area contributed by atoms with Crippen molar-refractivity contribution in [2.45, 2.75) is 19.8 Å². The topological polar surface area (TPSA) is 44.5 Å². The minimum Gasteiger partial charge on any atom is -0.494 e. The number of rotatable bonds is 7. The third-order valence-corrected chi connectivity index (χ3v) is 2.99. The number of nitrogens with two attached hydrogens (primary N) is 1. The molecule has 2 N–H and O–H groups in total. The molecule has 2 rings (SSSR count). The first-order valence-electron chi connectivity index (χ1n) is 6.98. The van der Waals surface area contributed by atoms with Crippen molar-refractivity contribution >= 4 is 5.69 Å². The van der Waals surface area contributed by atoms with E-state index in [9.17, 15) is 0 Å². The lowest BCUT2D eigenvalue weighted by Gasteiger charge is -2.09. The van der Waals surface area contributed by atoms with E-state index in [1.54, 1.807) is 0 Å². The van der Waals surface area contributed by atoms with Gasteiger partial charge in [0.2, 0.25) is 0 Å². The van der Waals surface area contributed by atoms with Gasteiger partial charge >= 0.3 is 0 Å². The SMILES string of the molecule is CCCOc1ccc(OCCc2ccccc2N)cc1. The molecule has 0 heterocycles. The molecule has 0 aliphatic rings. The summed E-state index contributed by atoms with van der Waals surface area (Å²) in [5.41, 5.74) is 7.83. The van der Waals surface area contributed by atoms with Crippen LogP contribution < -0.4 is 15.2 Å². The molecule has 0 aromatic heterocycles. The van der Waals surface area contributed by atoms with Crippen molar-refractivity contribution in [3.05, 3.63) is 54.1 Å². The predicted molar refractivity (Wildman–Crippen MR) is 82.3 cm³/mol. The van der Waals surface area contributed by atoms with Crippen LogP contribution in [-0.2, 0) is 6.42 Å². The lowest BCUT2D eigenvalue weighted by atomic mass is 10.1. The van der Waals surface area contributed by atoms with Gasteiger partial charge in [-0.3, -0.25) is 0 Å². The lowest BCUT2D eigenvalue weighted by molar-refractivity contribution is 0.310. The fraction of sp³-hybridized carbons (Fsp3) is 0.294. The zero-order valence-corrected chi connectivity index (χ0v) is 11.8. The van der Waals surface area contributed by atoms with Gasteiger partial charge in [0.25, 0.3) is 0 Å². The zero-order chi connectivity index (χ0) is 14.2. The normalized spacial score (nSPS) is 10.2. The molecule has 2 aromatic rings. The number of para-hydroxylation sites is 1. The molecule has 0 fully saturated rings. The maximum atomic E-state index is 5.89. The molecule has 3 nitrogen and oxygen atoms in total. The van der Waals surface area contributed by atoms with Crippen LogP contribution in [-0.4, -0.2) is 13.2 Å². The maximum absolute atomic E-state index is 5.89. The Bertz CT molecular complexity index is 523. The van der Waals surface area contributed by atoms with E-state index in [0.29, 0.717) is 6.61 Å². The summed E-state index contributed by atoms with van der Waals surface area (Å²) in [6.07, 6.45) is 1.82. The summed E-state index contributed by atoms with van der Waals surface area (Å²) in [5.74, 6) is 1.73. The summed E-state index contributed by atoms with van der Waals surface area (Å²) >= 11 is 0. The Hall–Kier alpha value is -2.16. The molecule has 3 heteroatoms. The van der Waals surface area contributed by atoms with Crippen LogP contribution in [0.3, 0.4) is 0 Å². The quantitative estimate of drug-likeness (QED) is 0.781. The number of hydrogen-bond donors (Lipinski definition) is 1. The Morgan fingerprint density at radius 1 is 0.850 bits per heavy atom. The zero-order valence-electron chi connectivity index (χ0n) is 11.8. The van der Waals surface area contributed by atoms with Crippen LogP contribution in [0.4, 0.5) is 5.69 Å². The molecular weight excluding hydrogens is 250 g/mol. The Kier molecular flexibility index (Phi) is 5.30. The van der Waals surface area contributed by atoms with Gasteiger partial charge in [-0.1, -0.05) is 25.1 Å². The van der Waals surface area contributed by atoms with E-state index in [1.807, 2.05) is 48.5 Å². The van der Waals surface area contributed by atoms with Crippen LogP contribution in [0.5, 0.6) is 11.5 Å². The summed E-state index contributed by atoms with van der Waals surface area (Å²) in [6, 6.07) is 15.6. The number of nitrogen functional groups attached to an aromatic ring is 1. The fourth-order valence-electron chi connectivity index (χ4n) is 1.89. The first-order valence-corrected chi connectivity index (χ1v) is 6.98. The highest BCUT2D eigenvalue weighted by molar-refractivity contribution is 5.46. The second-order valence-corrected chi connectivity index (χ2v) is 4.62. The maximum Gasteiger partial charge on any atom is 0.119 e. The van der Waals surface area contributed by atoms with Crippen LogP contribution in [0.25, 0.3) is 0 Å². The van der Waals surface area contributed by atoms with Crippen LogP contribution >= 0.6 is 0 Å². The van der Waals surface area contributed by atoms with Gasteiger partial charge < -0.3 is 15.2 Å². The van der Waals surface area contributed by atoms with E-state index in [1.165, 1.54) is 0 Å². The number of benzene rings is 2. The van der Waals surface area contributed by atoms with E-state index in [0.717, 1.165) is 42.2 Å². The first kappa shape index (κ1) is 14.3. The van der Waals surface area contributed by atoms with Crippen molar-refractivity contribution in [3.8, 4) is 11.5 Å². The van der Waals surface area contributed by atoms with Crippen LogP contribution in [0, 0.1) is 0 Å². The molecule has 0 saturated heterocycles. The van der Waals surface area contributed by atoms with Gasteiger partial charge in [-0.05, 0) is 42.3 Å². The standard InChI is InChI=1S/C17H21NO2/c1-2-12-19-15-7-9-16(10-8-15)20-13-11-14-5-3-4-6-17(14)18/h3-10H,2,11-13,18H2,1H3. The number of ether oxygens (including phenoxy) is 2. The Balaban J connectivity index is 1.81. The van der Waals surface area contributed by atoms with Crippen LogP contribution in [0.15, 0.2) is 48.5 Å². The number of anilines is 1. The van der Waals surface area contributed by atoms with Crippen molar-refractivity contribution in [2.24, 2.45) is 0 Å². The van der Waals surface area contributed by atoms with E-state index in [2.05, 4.69) is 6.92 Å². The summed E-state index contributed by atoms with van der Waals surface area (Å²) in [5, 5.41) is 0. The van der Waals surface area contributed by atoms with Gasteiger partial charge in [-0.2, -0.15) is 0 Å². The molecule has 0 spiro atoms. The minimum absolute atomic E-state index is 0.614. The summed E-state index contributed by atoms with van der Waals surface area (Å²) in [4.78, 5) is 0. The molecule has 0 radical (unpaired) electrons. The van der Waals surface area contributed by atoms with Crippen molar-refractivity contribution in [1.29, 1.82) is 0 Å². The van der Waals surface area contributed by atoms with Gasteiger partial charge in [-0.25, -0.2) is 0 Å². The summed E-state index contributed by atoms with van der Waals surface area (Å²) in [6.45, 7) is 3.45. The average Bonchev–Trinajstić information content (AvgIpc) is 2.48. The first-order chi connectivity index (χ1) is 9.79. The smallest absolute Gasteiger partial charge is 0.119 e. The van der Waals surface area contributed by atoms with E-state index < -0.39 is 0 Å². The van der Waals surface area contributed by atoms with Crippen molar-refractivity contribution < 1.29 is 9.47 Å². The molecule has 0 atom stereocenters. The predicted octanol–water partition coefficient (Wildman–Crippen LogP) is 3.68. The number of hydrogen-bond acceptors (Lipinski definition) is 3. The van der Waals surface area contributed by atoms with Gasteiger partial charge in [0, 0.05) is 12.1 Å². The van der Waals surface area contributed by atoms with Crippen LogP contribution in [0.2, 0.25) is 0 Å². The fourth-order valence-corrected chi connectivity index (χ4v) is 1.89. The van der Waals surface area contributed by atoms with Crippen molar-refractivity contribution in [2.75, 3.05) is 18.9 Å². The highest BCUT2D eigenvalue weighted by atomic mass is 16.5. The van der Waals surface area contributed by atoms with Crippen molar-refractivity contribution in [1.82, 2.24) is 0 Å². The van der Waals surface area contributed by atoms with Gasteiger partial charge in [0.15, 0.2) is 0 Å². The summed E-state index contributed by atoms with van der Waals surface area (Å²) < 4.78 is 11.2. The molecule has 0 saturated carbocycles. The molecule has 0 bridgehead atoms. The lowest BCUT2D eigenvalue weighted by Crippen LogP contribution is -2.03. The highest BCUT2D eigenvalue weighted by Gasteiger charge is 1.99. The van der Waals surface area contributed by atoms with E-state index >= 15 is 0 Å². The van der Waals surface area contributed by atoms with Gasteiger partial charge in [0.1, 0.15) is 11.5 Å². The molecular formula is C17H21NO2. The summed E-state index contributed by atoms with van der Waals surface area (Å²) in [7, 11) is 0. The second-order valence-electron chi connectivity index (χ2n) is 4.62. The minimum atomic E-state index is 0.614. The van der Waals surface area contributed by atoms with Gasteiger partial charge in [-0.15, -0.1) is 0 Å². The molecule has 106 valence electrons. The Morgan fingerprint density at radius 3 is 2.05 bits per heavy atom. The molecule has 0 unspecified atom stereocenters. The molecule has 0 aliphatic heterocycles. The Morgan fingerprint density at radius 2 is 1.45 bits per heavy atom. The molecule has 20 heavy (non-hydrogen) atoms. The van der Waals surface area contributed by atoms with E-state index in [4.69, 9.17) is 15.2 Å². The third-order valence-electron chi connectivity index (χ3n) is 2.99. The van der Waals surface area contributed by atoms with Gasteiger partial charge in [0.05, 0.1) is 13.2 Å². The molecule has 2 aromatic carbocycles. The van der Waals surface area contributed by atoms with E-state index in [-0.39, 0.29) is 0 Å². The molecule has 0 aliphatic carbocycles. The van der Waals surface area contributed by atoms with Crippen molar-refractivity contribution in [3.63, 3.8) is 0 Å².